The summed E-state index contributed by atoms with van der Waals surface area (Å²) in [6.07, 6.45) is 0. The Morgan fingerprint density at radius 3 is 2.19 bits per heavy atom. The molecule has 0 atom stereocenters. The monoisotopic (exact) mass is 264 g/mol. The minimum absolute atomic E-state index is 0. The highest BCUT2D eigenvalue weighted by Gasteiger charge is 2.26. The van der Waals surface area contributed by atoms with Crippen LogP contribution >= 0.6 is 24.0 Å². The van der Waals surface area contributed by atoms with Crippen LogP contribution in [0, 0.1) is 0 Å². The summed E-state index contributed by atoms with van der Waals surface area (Å²) < 4.78 is 0. The maximum atomic E-state index is 8.94. The highest BCUT2D eigenvalue weighted by molar-refractivity contribution is 6.30. The van der Waals surface area contributed by atoms with Crippen molar-refractivity contribution in [3.8, 4) is 0 Å². The molecule has 0 saturated carbocycles. The molecule has 0 spiro atoms. The molecule has 90 valence electrons. The maximum absolute atomic E-state index is 8.94. The number of rotatable bonds is 3. The lowest BCUT2D eigenvalue weighted by Gasteiger charge is -2.23. The van der Waals surface area contributed by atoms with Crippen molar-refractivity contribution in [2.24, 2.45) is 5.16 Å². The third-order valence-electron chi connectivity index (χ3n) is 2.09. The molecule has 16 heavy (non-hydrogen) atoms. The van der Waals surface area contributed by atoms with Gasteiger partial charge < -0.3 is 10.4 Å². The number of halogens is 2. The fourth-order valence-corrected chi connectivity index (χ4v) is 1.33. The van der Waals surface area contributed by atoms with Crippen molar-refractivity contribution in [3.05, 3.63) is 34.9 Å². The van der Waals surface area contributed by atoms with E-state index in [4.69, 9.17) is 22.0 Å². The summed E-state index contributed by atoms with van der Waals surface area (Å²) in [4.78, 5) is 0. The van der Waals surface area contributed by atoms with Crippen LogP contribution in [0.15, 0.2) is 29.4 Å². The van der Waals surface area contributed by atoms with Crippen LogP contribution in [0.3, 0.4) is 0 Å². The van der Waals surface area contributed by atoms with E-state index >= 15 is 0 Å². The Balaban J connectivity index is 0.00000225. The third kappa shape index (κ3) is 3.35. The Labute approximate surface area is 105 Å². The van der Waals surface area contributed by atoms with Gasteiger partial charge in [-0.2, -0.15) is 5.48 Å². The van der Waals surface area contributed by atoms with Crippen molar-refractivity contribution in [1.82, 2.24) is 5.48 Å². The molecule has 1 aromatic carbocycles. The number of nitrogens with one attached hydrogen (secondary N) is 1. The quantitative estimate of drug-likeness (QED) is 0.447. The Hall–Kier alpha value is -0.810. The van der Waals surface area contributed by atoms with Crippen LogP contribution in [0.2, 0.25) is 5.02 Å². The lowest BCUT2D eigenvalue weighted by molar-refractivity contribution is 0.113. The summed E-state index contributed by atoms with van der Waals surface area (Å²) in [6.45, 7) is 3.38. The summed E-state index contributed by atoms with van der Waals surface area (Å²) in [5.74, 6) is 0. The van der Waals surface area contributed by atoms with Crippen molar-refractivity contribution in [2.45, 2.75) is 19.4 Å². The van der Waals surface area contributed by atoms with Gasteiger partial charge in [0, 0.05) is 10.6 Å². The summed E-state index contributed by atoms with van der Waals surface area (Å²) in [6, 6.07) is 6.82. The topological polar surface area (TPSA) is 64.8 Å². The highest BCUT2D eigenvalue weighted by atomic mass is 35.5. The first-order chi connectivity index (χ1) is 7.01. The number of oxime groups is 1. The molecule has 0 radical (unpaired) electrons. The number of nitrogens with zero attached hydrogens (tertiary/aromatic N) is 1. The van der Waals surface area contributed by atoms with Crippen LogP contribution in [0.5, 0.6) is 0 Å². The Morgan fingerprint density at radius 2 is 1.81 bits per heavy atom. The highest BCUT2D eigenvalue weighted by Crippen LogP contribution is 2.16. The minimum Gasteiger partial charge on any atom is -0.411 e. The van der Waals surface area contributed by atoms with Crippen LogP contribution in [0.1, 0.15) is 19.4 Å². The van der Waals surface area contributed by atoms with Gasteiger partial charge in [-0.05, 0) is 26.0 Å². The van der Waals surface area contributed by atoms with Gasteiger partial charge in [-0.25, -0.2) is 0 Å². The standard InChI is InChI=1S/C10H13ClN2O2.ClH/c1-10(2,13-15)9(12-14)7-3-5-8(11)6-4-7;/h3-6,13-15H,1-2H3;1H/b12-9-;. The van der Waals surface area contributed by atoms with Crippen LogP contribution < -0.4 is 5.48 Å². The molecule has 0 saturated heterocycles. The second kappa shape index (κ2) is 6.06. The molecular formula is C10H14Cl2N2O2. The van der Waals surface area contributed by atoms with Gasteiger partial charge in [-0.3, -0.25) is 0 Å². The van der Waals surface area contributed by atoms with Crippen molar-refractivity contribution in [3.63, 3.8) is 0 Å². The van der Waals surface area contributed by atoms with Crippen LogP contribution in [-0.2, 0) is 0 Å². The summed E-state index contributed by atoms with van der Waals surface area (Å²) >= 11 is 5.74. The van der Waals surface area contributed by atoms with E-state index in [-0.39, 0.29) is 12.4 Å². The summed E-state index contributed by atoms with van der Waals surface area (Å²) in [5.41, 5.74) is 2.27. The molecule has 1 aromatic rings. The SMILES string of the molecule is CC(C)(NO)/C(=N\O)c1ccc(Cl)cc1.Cl. The fraction of sp³-hybridized carbons (Fsp3) is 0.300. The first kappa shape index (κ1) is 15.2. The second-order valence-corrected chi connectivity index (χ2v) is 4.13. The molecule has 1 rings (SSSR count). The van der Waals surface area contributed by atoms with E-state index in [0.717, 1.165) is 0 Å². The van der Waals surface area contributed by atoms with E-state index in [2.05, 4.69) is 10.6 Å². The molecule has 4 nitrogen and oxygen atoms in total. The number of hydrogen-bond donors (Lipinski definition) is 3. The van der Waals surface area contributed by atoms with Gasteiger partial charge in [-0.15, -0.1) is 12.4 Å². The number of benzene rings is 1. The van der Waals surface area contributed by atoms with Gasteiger partial charge >= 0.3 is 0 Å². The molecule has 0 heterocycles. The van der Waals surface area contributed by atoms with Crippen LogP contribution in [0.25, 0.3) is 0 Å². The van der Waals surface area contributed by atoms with Gasteiger partial charge in [0.15, 0.2) is 0 Å². The van der Waals surface area contributed by atoms with Crippen LogP contribution in [-0.4, -0.2) is 21.7 Å². The molecule has 0 aliphatic carbocycles. The molecule has 0 aromatic heterocycles. The molecule has 0 bridgehead atoms. The van der Waals surface area contributed by atoms with E-state index in [9.17, 15) is 0 Å². The van der Waals surface area contributed by atoms with E-state index in [1.54, 1.807) is 38.1 Å². The summed E-state index contributed by atoms with van der Waals surface area (Å²) in [5, 5.41) is 21.6. The smallest absolute Gasteiger partial charge is 0.108 e. The Kier molecular flexibility index (Phi) is 5.75. The van der Waals surface area contributed by atoms with Crippen molar-refractivity contribution < 1.29 is 10.4 Å². The lowest BCUT2D eigenvalue weighted by Crippen LogP contribution is -2.45. The third-order valence-corrected chi connectivity index (χ3v) is 2.34. The molecule has 0 amide bonds. The fourth-order valence-electron chi connectivity index (χ4n) is 1.20. The largest absolute Gasteiger partial charge is 0.411 e. The predicted molar refractivity (Wildman–Crippen MR) is 66.0 cm³/mol. The molecule has 0 fully saturated rings. The molecule has 3 N–H and O–H groups in total. The van der Waals surface area contributed by atoms with Gasteiger partial charge in [0.25, 0.3) is 0 Å². The number of hydrogen-bond acceptors (Lipinski definition) is 4. The minimum atomic E-state index is -0.831. The Bertz CT molecular complexity index is 364. The number of hydroxylamine groups is 1. The molecule has 0 aliphatic rings. The van der Waals surface area contributed by atoms with Gasteiger partial charge in [-0.1, -0.05) is 28.9 Å². The average molecular weight is 265 g/mol. The van der Waals surface area contributed by atoms with Gasteiger partial charge in [0.2, 0.25) is 0 Å². The molecule has 6 heteroatoms. The van der Waals surface area contributed by atoms with Crippen LogP contribution in [0.4, 0.5) is 0 Å². The van der Waals surface area contributed by atoms with Crippen molar-refractivity contribution in [1.29, 1.82) is 0 Å². The molecule has 0 unspecified atom stereocenters. The maximum Gasteiger partial charge on any atom is 0.108 e. The summed E-state index contributed by atoms with van der Waals surface area (Å²) in [7, 11) is 0. The van der Waals surface area contributed by atoms with Gasteiger partial charge in [0.05, 0.1) is 5.54 Å². The zero-order valence-electron chi connectivity index (χ0n) is 8.94. The lowest BCUT2D eigenvalue weighted by atomic mass is 9.93. The zero-order valence-corrected chi connectivity index (χ0v) is 10.5. The zero-order chi connectivity index (χ0) is 11.5. The Morgan fingerprint density at radius 1 is 1.31 bits per heavy atom. The van der Waals surface area contributed by atoms with E-state index in [1.165, 1.54) is 0 Å². The van der Waals surface area contributed by atoms with Crippen molar-refractivity contribution >= 4 is 29.7 Å². The van der Waals surface area contributed by atoms with Crippen molar-refractivity contribution in [2.75, 3.05) is 0 Å². The normalized spacial score (nSPS) is 12.1. The second-order valence-electron chi connectivity index (χ2n) is 3.69. The van der Waals surface area contributed by atoms with E-state index < -0.39 is 5.54 Å². The molecule has 0 aliphatic heterocycles. The van der Waals surface area contributed by atoms with Gasteiger partial charge in [0.1, 0.15) is 5.71 Å². The first-order valence-corrected chi connectivity index (χ1v) is 4.79. The predicted octanol–water partition coefficient (Wildman–Crippen LogP) is 2.70. The van der Waals surface area contributed by atoms with E-state index in [1.807, 2.05) is 0 Å². The molecular weight excluding hydrogens is 251 g/mol. The average Bonchev–Trinajstić information content (AvgIpc) is 2.22. The van der Waals surface area contributed by atoms with E-state index in [0.29, 0.717) is 16.3 Å². The first-order valence-electron chi connectivity index (χ1n) is 4.41.